The Hall–Kier alpha value is -3.10. The van der Waals surface area contributed by atoms with Crippen LogP contribution in [0.15, 0.2) is 18.2 Å². The number of carbonyl (C=O) groups excluding carboxylic acids is 2. The van der Waals surface area contributed by atoms with Gasteiger partial charge in [0.2, 0.25) is 5.91 Å². The molecule has 9 nitrogen and oxygen atoms in total. The Morgan fingerprint density at radius 3 is 1.86 bits per heavy atom. The smallest absolute Gasteiger partial charge is 0.449 e. The molecule has 3 N–H and O–H groups in total. The molecule has 0 bridgehead atoms. The van der Waals surface area contributed by atoms with Crippen LogP contribution in [-0.2, 0) is 9.59 Å². The van der Waals surface area contributed by atoms with Gasteiger partial charge in [-0.2, -0.15) is 0 Å². The predicted octanol–water partition coefficient (Wildman–Crippen LogP) is 1.72. The third-order valence-corrected chi connectivity index (χ3v) is 1.98. The van der Waals surface area contributed by atoms with Crippen molar-refractivity contribution < 1.29 is 38.9 Å². The van der Waals surface area contributed by atoms with E-state index < -0.39 is 18.2 Å². The van der Waals surface area contributed by atoms with Crippen molar-refractivity contribution >= 4 is 29.7 Å². The van der Waals surface area contributed by atoms with Crippen LogP contribution in [0.5, 0.6) is 11.5 Å². The maximum Gasteiger partial charge on any atom is 0.511 e. The summed E-state index contributed by atoms with van der Waals surface area (Å²) in [6, 6.07) is 3.30. The van der Waals surface area contributed by atoms with E-state index in [0.29, 0.717) is 0 Å². The Labute approximate surface area is 118 Å². The van der Waals surface area contributed by atoms with Gasteiger partial charge in [-0.3, -0.25) is 9.59 Å². The van der Waals surface area contributed by atoms with E-state index in [9.17, 15) is 19.2 Å². The number of amides is 1. The molecule has 0 heterocycles. The second-order valence-electron chi connectivity index (χ2n) is 3.86. The van der Waals surface area contributed by atoms with E-state index in [2.05, 4.69) is 14.8 Å². The first kappa shape index (κ1) is 16.0. The topological polar surface area (TPSA) is 139 Å². The largest absolute Gasteiger partial charge is 0.511 e. The second-order valence-corrected chi connectivity index (χ2v) is 3.86. The lowest BCUT2D eigenvalue weighted by Gasteiger charge is -2.09. The molecule has 0 unspecified atom stereocenters. The highest BCUT2D eigenvalue weighted by Crippen LogP contribution is 2.26. The van der Waals surface area contributed by atoms with E-state index in [4.69, 9.17) is 10.2 Å². The normalized spacial score (nSPS) is 9.57. The zero-order valence-electron chi connectivity index (χ0n) is 10.8. The fourth-order valence-corrected chi connectivity index (χ4v) is 1.39. The summed E-state index contributed by atoms with van der Waals surface area (Å²) < 4.78 is 8.73. The van der Waals surface area contributed by atoms with Gasteiger partial charge in [0.05, 0.1) is 6.42 Å². The molecule has 0 saturated heterocycles. The Bertz CT molecular complexity index is 561. The van der Waals surface area contributed by atoms with E-state index in [1.54, 1.807) is 0 Å². The first-order valence-corrected chi connectivity index (χ1v) is 5.52. The van der Waals surface area contributed by atoms with Gasteiger partial charge in [0.15, 0.2) is 0 Å². The summed E-state index contributed by atoms with van der Waals surface area (Å²) in [4.78, 5) is 43.2. The summed E-state index contributed by atoms with van der Waals surface area (Å²) >= 11 is 0. The SMILES string of the molecule is CC(=O)CC(=O)Nc1cc(OC(=O)O)cc(OC(=O)O)c1. The Balaban J connectivity index is 3.00. The lowest BCUT2D eigenvalue weighted by Crippen LogP contribution is -2.15. The molecule has 1 amide bonds. The Morgan fingerprint density at radius 1 is 1.00 bits per heavy atom. The molecule has 9 heteroatoms. The standard InChI is InChI=1S/C12H11NO8/c1-6(14)2-10(15)13-7-3-8(20-11(16)17)5-9(4-7)21-12(18)19/h3-5H,2H2,1H3,(H,13,15)(H,16,17)(H,18,19). The number of rotatable bonds is 5. The number of Topliss-reactive ketones (excluding diaryl/α,β-unsaturated/α-hetero) is 1. The molecule has 112 valence electrons. The average molecular weight is 297 g/mol. The lowest BCUT2D eigenvalue weighted by atomic mass is 10.2. The van der Waals surface area contributed by atoms with Gasteiger partial charge in [-0.25, -0.2) is 9.59 Å². The number of carboxylic acid groups (broad SMARTS) is 2. The van der Waals surface area contributed by atoms with Crippen molar-refractivity contribution in [3.8, 4) is 11.5 Å². The number of hydrogen-bond acceptors (Lipinski definition) is 6. The van der Waals surface area contributed by atoms with Crippen LogP contribution < -0.4 is 14.8 Å². The molecule has 0 aliphatic carbocycles. The van der Waals surface area contributed by atoms with Crippen molar-refractivity contribution in [1.82, 2.24) is 0 Å². The summed E-state index contributed by atoms with van der Waals surface area (Å²) in [5.41, 5.74) is 0.0243. The summed E-state index contributed by atoms with van der Waals surface area (Å²) in [5, 5.41) is 19.3. The monoisotopic (exact) mass is 297 g/mol. The number of nitrogens with one attached hydrogen (secondary N) is 1. The van der Waals surface area contributed by atoms with Crippen molar-refractivity contribution in [2.45, 2.75) is 13.3 Å². The molecule has 0 aliphatic heterocycles. The molecule has 1 rings (SSSR count). The summed E-state index contributed by atoms with van der Waals surface area (Å²) in [6.45, 7) is 1.22. The van der Waals surface area contributed by atoms with E-state index in [1.807, 2.05) is 0 Å². The highest BCUT2D eigenvalue weighted by molar-refractivity contribution is 6.03. The zero-order chi connectivity index (χ0) is 16.0. The van der Waals surface area contributed by atoms with Crippen LogP contribution in [-0.4, -0.2) is 34.2 Å². The first-order valence-electron chi connectivity index (χ1n) is 5.52. The second kappa shape index (κ2) is 6.89. The lowest BCUT2D eigenvalue weighted by molar-refractivity contribution is -0.124. The van der Waals surface area contributed by atoms with Crippen molar-refractivity contribution in [2.75, 3.05) is 5.32 Å². The van der Waals surface area contributed by atoms with Gasteiger partial charge in [0.25, 0.3) is 0 Å². The van der Waals surface area contributed by atoms with E-state index in [-0.39, 0.29) is 29.4 Å². The number of ether oxygens (including phenoxy) is 2. The molecule has 1 aromatic rings. The Morgan fingerprint density at radius 2 is 1.48 bits per heavy atom. The van der Waals surface area contributed by atoms with Gasteiger partial charge >= 0.3 is 12.3 Å². The van der Waals surface area contributed by atoms with Gasteiger partial charge in [0.1, 0.15) is 17.3 Å². The first-order chi connectivity index (χ1) is 9.76. The number of carbonyl (C=O) groups is 4. The van der Waals surface area contributed by atoms with Crippen LogP contribution in [0.1, 0.15) is 13.3 Å². The molecule has 0 aromatic heterocycles. The minimum Gasteiger partial charge on any atom is -0.449 e. The summed E-state index contributed by atoms with van der Waals surface area (Å²) in [6.07, 6.45) is -3.62. The number of anilines is 1. The molecule has 0 saturated carbocycles. The van der Waals surface area contributed by atoms with Gasteiger partial charge in [-0.1, -0.05) is 0 Å². The third-order valence-electron chi connectivity index (χ3n) is 1.98. The molecule has 21 heavy (non-hydrogen) atoms. The third kappa shape index (κ3) is 6.05. The van der Waals surface area contributed by atoms with Crippen LogP contribution in [0.4, 0.5) is 15.3 Å². The van der Waals surface area contributed by atoms with Crippen molar-refractivity contribution in [2.24, 2.45) is 0 Å². The predicted molar refractivity (Wildman–Crippen MR) is 67.7 cm³/mol. The Kier molecular flexibility index (Phi) is 5.24. The minimum atomic E-state index is -1.62. The molecule has 0 aliphatic rings. The fraction of sp³-hybridized carbons (Fsp3) is 0.167. The quantitative estimate of drug-likeness (QED) is 0.424. The zero-order valence-corrected chi connectivity index (χ0v) is 10.8. The number of ketones is 1. The van der Waals surface area contributed by atoms with Gasteiger partial charge in [0, 0.05) is 23.9 Å². The van der Waals surface area contributed by atoms with Gasteiger partial charge < -0.3 is 25.0 Å². The molecule has 0 spiro atoms. The number of hydrogen-bond donors (Lipinski definition) is 3. The molecule has 0 radical (unpaired) electrons. The molecule has 0 fully saturated rings. The molecule has 0 atom stereocenters. The minimum absolute atomic E-state index is 0.0243. The van der Waals surface area contributed by atoms with Gasteiger partial charge in [-0.05, 0) is 6.92 Å². The number of benzene rings is 1. The van der Waals surface area contributed by atoms with Gasteiger partial charge in [-0.15, -0.1) is 0 Å². The van der Waals surface area contributed by atoms with Crippen LogP contribution >= 0.6 is 0 Å². The highest BCUT2D eigenvalue weighted by atomic mass is 16.7. The van der Waals surface area contributed by atoms with E-state index in [0.717, 1.165) is 18.2 Å². The molecular weight excluding hydrogens is 286 g/mol. The van der Waals surface area contributed by atoms with Crippen molar-refractivity contribution in [3.05, 3.63) is 18.2 Å². The maximum atomic E-state index is 11.4. The highest BCUT2D eigenvalue weighted by Gasteiger charge is 2.12. The summed E-state index contributed by atoms with van der Waals surface area (Å²) in [7, 11) is 0. The van der Waals surface area contributed by atoms with Crippen LogP contribution in [0, 0.1) is 0 Å². The summed E-state index contributed by atoms with van der Waals surface area (Å²) in [5.74, 6) is -1.51. The average Bonchev–Trinajstić information content (AvgIpc) is 2.24. The van der Waals surface area contributed by atoms with E-state index >= 15 is 0 Å². The fourth-order valence-electron chi connectivity index (χ4n) is 1.39. The van der Waals surface area contributed by atoms with Crippen LogP contribution in [0.3, 0.4) is 0 Å². The molecular formula is C12H11NO8. The van der Waals surface area contributed by atoms with Crippen LogP contribution in [0.2, 0.25) is 0 Å². The maximum absolute atomic E-state index is 11.4. The van der Waals surface area contributed by atoms with Crippen LogP contribution in [0.25, 0.3) is 0 Å². The molecule has 1 aromatic carbocycles. The van der Waals surface area contributed by atoms with Crippen molar-refractivity contribution in [3.63, 3.8) is 0 Å². The van der Waals surface area contributed by atoms with E-state index in [1.165, 1.54) is 6.92 Å². The van der Waals surface area contributed by atoms with Crippen molar-refractivity contribution in [1.29, 1.82) is 0 Å².